The van der Waals surface area contributed by atoms with Crippen LogP contribution in [0.25, 0.3) is 0 Å². The molecule has 0 aromatic heterocycles. The fraction of sp³-hybridized carbons (Fsp3) is 0.778. The van der Waals surface area contributed by atoms with Crippen LogP contribution in [0.1, 0.15) is 97.3 Å². The van der Waals surface area contributed by atoms with Crippen LogP contribution in [0, 0.1) is 22.3 Å². The van der Waals surface area contributed by atoms with Crippen molar-refractivity contribution in [1.82, 2.24) is 0 Å². The van der Waals surface area contributed by atoms with Crippen molar-refractivity contribution in [3.05, 3.63) is 34.7 Å². The van der Waals surface area contributed by atoms with Crippen LogP contribution in [0.5, 0.6) is 0 Å². The molecule has 0 radical (unpaired) electrons. The van der Waals surface area contributed by atoms with Crippen molar-refractivity contribution in [2.45, 2.75) is 110 Å². The number of rotatable bonds is 10. The predicted octanol–water partition coefficient (Wildman–Crippen LogP) is 7.41. The molecule has 2 atom stereocenters. The quantitative estimate of drug-likeness (QED) is 0.386. The zero-order valence-electron chi connectivity index (χ0n) is 19.0. The van der Waals surface area contributed by atoms with E-state index in [1.165, 1.54) is 93.9 Å². The Hall–Kier alpha value is -0.860. The van der Waals surface area contributed by atoms with E-state index in [2.05, 4.69) is 38.1 Å². The second-order valence-corrected chi connectivity index (χ2v) is 9.53. The summed E-state index contributed by atoms with van der Waals surface area (Å²) in [6, 6.07) is 8.48. The maximum absolute atomic E-state index is 6.18. The lowest BCUT2D eigenvalue weighted by Crippen LogP contribution is -2.41. The molecule has 4 rings (SSSR count). The Morgan fingerprint density at radius 3 is 1.83 bits per heavy atom. The Balaban J connectivity index is 0.000000334. The van der Waals surface area contributed by atoms with E-state index in [0.717, 1.165) is 25.0 Å². The van der Waals surface area contributed by atoms with Crippen LogP contribution in [0.3, 0.4) is 0 Å². The molecule has 2 nitrogen and oxygen atoms in total. The van der Waals surface area contributed by atoms with E-state index >= 15 is 0 Å². The molecular weight excluding hydrogens is 356 g/mol. The molecule has 0 amide bonds. The van der Waals surface area contributed by atoms with Crippen molar-refractivity contribution in [2.24, 2.45) is 11.8 Å². The van der Waals surface area contributed by atoms with Crippen molar-refractivity contribution in [3.63, 3.8) is 0 Å². The summed E-state index contributed by atoms with van der Waals surface area (Å²) in [7, 11) is 0. The van der Waals surface area contributed by atoms with Crippen LogP contribution >= 0.6 is 0 Å². The van der Waals surface area contributed by atoms with E-state index < -0.39 is 0 Å². The summed E-state index contributed by atoms with van der Waals surface area (Å²) in [5, 5.41) is 2.85. The van der Waals surface area contributed by atoms with Crippen LogP contribution in [-0.2, 0) is 9.47 Å². The molecule has 1 aliphatic heterocycles. The number of unbranched alkanes of at least 4 members (excludes halogenated alkanes) is 5. The highest BCUT2D eigenvalue weighted by Gasteiger charge is 2.31. The molecule has 2 unspecified atom stereocenters. The second kappa shape index (κ2) is 12.7. The molecule has 1 saturated heterocycles. The highest BCUT2D eigenvalue weighted by Crippen LogP contribution is 2.35. The van der Waals surface area contributed by atoms with Crippen LogP contribution in [0.4, 0.5) is 0 Å². The molecule has 1 saturated carbocycles. The Morgan fingerprint density at radius 1 is 0.690 bits per heavy atom. The van der Waals surface area contributed by atoms with Gasteiger partial charge in [-0.2, -0.15) is 0 Å². The summed E-state index contributed by atoms with van der Waals surface area (Å²) >= 11 is 0. The van der Waals surface area contributed by atoms with Gasteiger partial charge in [0.2, 0.25) is 0 Å². The molecule has 0 N–H and O–H groups in total. The number of ether oxygens (including phenoxy) is 2. The first-order valence-electron chi connectivity index (χ1n) is 12.6. The molecule has 4 aliphatic rings. The van der Waals surface area contributed by atoms with Crippen molar-refractivity contribution >= 4 is 0 Å². The lowest BCUT2D eigenvalue weighted by atomic mass is 9.77. The van der Waals surface area contributed by atoms with Gasteiger partial charge < -0.3 is 9.47 Å². The SMILES string of the molecule is CCCCCCC1CCC(C2COC(CCCCC)CO2)CC1.c1cc2ccc1=2. The first-order valence-corrected chi connectivity index (χ1v) is 12.6. The first kappa shape index (κ1) is 22.8. The standard InChI is InChI=1S/C21H40O2.C6H4/c1-3-5-7-9-10-18-12-14-19(15-13-18)21-17-22-20(16-23-21)11-8-6-4-2;1-2-6-4-3-5(1)6/h18-21H,3-17H2,1-2H3;1-4H. The molecule has 3 aliphatic carbocycles. The Bertz CT molecular complexity index is 588. The van der Waals surface area contributed by atoms with Gasteiger partial charge in [0.1, 0.15) is 0 Å². The second-order valence-electron chi connectivity index (χ2n) is 9.53. The lowest BCUT2D eigenvalue weighted by molar-refractivity contribution is -0.157. The largest absolute Gasteiger partial charge is 0.373 e. The van der Waals surface area contributed by atoms with E-state index in [9.17, 15) is 0 Å². The zero-order valence-corrected chi connectivity index (χ0v) is 19.0. The summed E-state index contributed by atoms with van der Waals surface area (Å²) in [5.41, 5.74) is 0. The van der Waals surface area contributed by atoms with E-state index in [1.54, 1.807) is 0 Å². The van der Waals surface area contributed by atoms with Gasteiger partial charge in [-0.25, -0.2) is 0 Å². The number of hydrogen-bond acceptors (Lipinski definition) is 2. The van der Waals surface area contributed by atoms with Gasteiger partial charge in [-0.3, -0.25) is 0 Å². The van der Waals surface area contributed by atoms with Crippen molar-refractivity contribution < 1.29 is 9.47 Å². The monoisotopic (exact) mass is 400 g/mol. The van der Waals surface area contributed by atoms with E-state index in [-0.39, 0.29) is 0 Å². The van der Waals surface area contributed by atoms with Crippen LogP contribution in [-0.4, -0.2) is 25.4 Å². The van der Waals surface area contributed by atoms with Crippen molar-refractivity contribution in [3.8, 4) is 0 Å². The van der Waals surface area contributed by atoms with Gasteiger partial charge >= 0.3 is 0 Å². The Kier molecular flexibility index (Phi) is 10.0. The van der Waals surface area contributed by atoms with Gasteiger partial charge in [0, 0.05) is 0 Å². The molecule has 1 heterocycles. The molecule has 0 spiro atoms. The smallest absolute Gasteiger partial charge is 0.0838 e. The average Bonchev–Trinajstić information content (AvgIpc) is 2.75. The maximum atomic E-state index is 6.18. The van der Waals surface area contributed by atoms with Crippen molar-refractivity contribution in [1.29, 1.82) is 0 Å². The van der Waals surface area contributed by atoms with Crippen LogP contribution in [0.15, 0.2) is 24.3 Å². The highest BCUT2D eigenvalue weighted by atomic mass is 16.6. The summed E-state index contributed by atoms with van der Waals surface area (Å²) in [4.78, 5) is 0. The third kappa shape index (κ3) is 7.40. The average molecular weight is 401 g/mol. The van der Waals surface area contributed by atoms with E-state index in [1.807, 2.05) is 0 Å². The fourth-order valence-electron chi connectivity index (χ4n) is 4.99. The first-order chi connectivity index (χ1) is 14.3. The number of benzene rings is 1. The Morgan fingerprint density at radius 2 is 1.31 bits per heavy atom. The summed E-state index contributed by atoms with van der Waals surface area (Å²) in [6.45, 7) is 6.24. The minimum Gasteiger partial charge on any atom is -0.373 e. The van der Waals surface area contributed by atoms with Crippen molar-refractivity contribution in [2.75, 3.05) is 13.2 Å². The molecule has 2 heteroatoms. The maximum Gasteiger partial charge on any atom is 0.0838 e. The lowest BCUT2D eigenvalue weighted by Gasteiger charge is -2.38. The van der Waals surface area contributed by atoms with Gasteiger partial charge in [0.15, 0.2) is 0 Å². The number of hydrogen-bond donors (Lipinski definition) is 0. The normalized spacial score (nSPS) is 27.8. The van der Waals surface area contributed by atoms with Gasteiger partial charge in [-0.15, -0.1) is 0 Å². The van der Waals surface area contributed by atoms with Crippen LogP contribution < -0.4 is 0 Å². The topological polar surface area (TPSA) is 18.5 Å². The van der Waals surface area contributed by atoms with Gasteiger partial charge in [-0.05, 0) is 41.5 Å². The molecule has 0 bridgehead atoms. The minimum absolute atomic E-state index is 0.368. The molecule has 164 valence electrons. The molecule has 0 aromatic rings. The highest BCUT2D eigenvalue weighted by molar-refractivity contribution is 5.22. The molecule has 0 aromatic carbocycles. The van der Waals surface area contributed by atoms with Gasteiger partial charge in [-0.1, -0.05) is 102 Å². The van der Waals surface area contributed by atoms with Gasteiger partial charge in [0.05, 0.1) is 25.4 Å². The fourth-order valence-corrected chi connectivity index (χ4v) is 4.99. The van der Waals surface area contributed by atoms with Gasteiger partial charge in [0.25, 0.3) is 0 Å². The Labute approximate surface area is 179 Å². The molecule has 29 heavy (non-hydrogen) atoms. The summed E-state index contributed by atoms with van der Waals surface area (Å²) in [5.74, 6) is 1.76. The third-order valence-electron chi connectivity index (χ3n) is 7.22. The third-order valence-corrected chi connectivity index (χ3v) is 7.22. The summed E-state index contributed by atoms with van der Waals surface area (Å²) < 4.78 is 12.3. The molecular formula is C27H44O2. The molecule has 2 fully saturated rings. The van der Waals surface area contributed by atoms with Crippen LogP contribution in [0.2, 0.25) is 0 Å². The predicted molar refractivity (Wildman–Crippen MR) is 122 cm³/mol. The minimum atomic E-state index is 0.368. The zero-order chi connectivity index (χ0) is 20.3. The summed E-state index contributed by atoms with van der Waals surface area (Å²) in [6.07, 6.45) is 18.6. The van der Waals surface area contributed by atoms with E-state index in [4.69, 9.17) is 9.47 Å². The van der Waals surface area contributed by atoms with E-state index in [0.29, 0.717) is 12.2 Å².